The summed E-state index contributed by atoms with van der Waals surface area (Å²) < 4.78 is 0. The number of rotatable bonds is 4. The van der Waals surface area contributed by atoms with Gasteiger partial charge in [-0.3, -0.25) is 14.4 Å². The SMILES string of the molecule is C[C@@H](NC(=O)c1ccccc1)C(=O)N/N=C1\CC(=O)CC(C)(C)C1. The molecule has 0 radical (unpaired) electrons. The van der Waals surface area contributed by atoms with Gasteiger partial charge in [-0.15, -0.1) is 0 Å². The van der Waals surface area contributed by atoms with Crippen LogP contribution in [-0.2, 0) is 9.59 Å². The molecule has 2 N–H and O–H groups in total. The van der Waals surface area contributed by atoms with Crippen LogP contribution in [0.5, 0.6) is 0 Å². The summed E-state index contributed by atoms with van der Waals surface area (Å²) in [5.41, 5.74) is 3.48. The molecular formula is C18H23N3O3. The number of nitrogens with one attached hydrogen (secondary N) is 2. The first-order valence-electron chi connectivity index (χ1n) is 8.00. The summed E-state index contributed by atoms with van der Waals surface area (Å²) in [7, 11) is 0. The van der Waals surface area contributed by atoms with E-state index in [1.165, 1.54) is 0 Å². The van der Waals surface area contributed by atoms with Crippen LogP contribution in [-0.4, -0.2) is 29.4 Å². The summed E-state index contributed by atoms with van der Waals surface area (Å²) in [4.78, 5) is 35.8. The van der Waals surface area contributed by atoms with E-state index in [1.807, 2.05) is 19.9 Å². The van der Waals surface area contributed by atoms with Gasteiger partial charge in [0.05, 0.1) is 0 Å². The lowest BCUT2D eigenvalue weighted by atomic mass is 9.76. The van der Waals surface area contributed by atoms with Crippen molar-refractivity contribution in [1.29, 1.82) is 0 Å². The fraction of sp³-hybridized carbons (Fsp3) is 0.444. The molecule has 0 bridgehead atoms. The Kier molecular flexibility index (Phi) is 5.49. The summed E-state index contributed by atoms with van der Waals surface area (Å²) in [5.74, 6) is -0.604. The molecule has 2 amide bonds. The normalized spacial score (nSPS) is 19.6. The van der Waals surface area contributed by atoms with Gasteiger partial charge in [0.1, 0.15) is 11.8 Å². The van der Waals surface area contributed by atoms with E-state index in [1.54, 1.807) is 31.2 Å². The number of hydrogen-bond acceptors (Lipinski definition) is 4. The van der Waals surface area contributed by atoms with E-state index < -0.39 is 11.9 Å². The van der Waals surface area contributed by atoms with Crippen LogP contribution in [0, 0.1) is 5.41 Å². The summed E-state index contributed by atoms with van der Waals surface area (Å²) in [5, 5.41) is 6.70. The average Bonchev–Trinajstić information content (AvgIpc) is 2.51. The zero-order chi connectivity index (χ0) is 17.7. The van der Waals surface area contributed by atoms with Crippen molar-refractivity contribution in [3.63, 3.8) is 0 Å². The van der Waals surface area contributed by atoms with Gasteiger partial charge in [-0.1, -0.05) is 32.0 Å². The Balaban J connectivity index is 1.91. The van der Waals surface area contributed by atoms with E-state index in [-0.39, 0.29) is 23.5 Å². The molecule has 6 heteroatoms. The molecule has 0 heterocycles. The minimum Gasteiger partial charge on any atom is -0.340 e. The minimum absolute atomic E-state index is 0.129. The van der Waals surface area contributed by atoms with Crippen LogP contribution >= 0.6 is 0 Å². The maximum Gasteiger partial charge on any atom is 0.262 e. The second-order valence-electron chi connectivity index (χ2n) is 6.95. The highest BCUT2D eigenvalue weighted by Crippen LogP contribution is 2.31. The highest BCUT2D eigenvalue weighted by molar-refractivity contribution is 6.05. The van der Waals surface area contributed by atoms with Crippen molar-refractivity contribution in [2.75, 3.05) is 0 Å². The van der Waals surface area contributed by atoms with E-state index in [4.69, 9.17) is 0 Å². The first-order chi connectivity index (χ1) is 11.3. The third kappa shape index (κ3) is 5.01. The molecule has 6 nitrogen and oxygen atoms in total. The molecule has 1 aromatic rings. The lowest BCUT2D eigenvalue weighted by Gasteiger charge is -2.29. The number of ketones is 1. The quantitative estimate of drug-likeness (QED) is 0.829. The predicted octanol–water partition coefficient (Wildman–Crippen LogP) is 2.06. The van der Waals surface area contributed by atoms with E-state index in [2.05, 4.69) is 15.8 Å². The molecule has 0 aromatic heterocycles. The number of carbonyl (C=O) groups excluding carboxylic acids is 3. The number of carbonyl (C=O) groups is 3. The molecule has 1 atom stereocenters. The Hall–Kier alpha value is -2.50. The van der Waals surface area contributed by atoms with Crippen LogP contribution in [0.3, 0.4) is 0 Å². The van der Waals surface area contributed by atoms with Gasteiger partial charge in [0, 0.05) is 24.1 Å². The van der Waals surface area contributed by atoms with Gasteiger partial charge in [-0.05, 0) is 30.9 Å². The summed E-state index contributed by atoms with van der Waals surface area (Å²) >= 11 is 0. The lowest BCUT2D eigenvalue weighted by Crippen LogP contribution is -2.43. The van der Waals surface area contributed by atoms with E-state index in [0.29, 0.717) is 24.1 Å². The minimum atomic E-state index is -0.727. The van der Waals surface area contributed by atoms with Crippen LogP contribution in [0.1, 0.15) is 50.4 Å². The maximum absolute atomic E-state index is 12.1. The molecule has 1 aromatic carbocycles. The Bertz CT molecular complexity index is 665. The number of nitrogens with zero attached hydrogens (tertiary/aromatic N) is 1. The van der Waals surface area contributed by atoms with Gasteiger partial charge >= 0.3 is 0 Å². The Morgan fingerprint density at radius 2 is 1.83 bits per heavy atom. The summed E-state index contributed by atoms with van der Waals surface area (Å²) in [6.45, 7) is 5.60. The number of Topliss-reactive ketones (excluding diaryl/α,β-unsaturated/α-hetero) is 1. The highest BCUT2D eigenvalue weighted by atomic mass is 16.2. The van der Waals surface area contributed by atoms with Crippen LogP contribution in [0.4, 0.5) is 0 Å². The topological polar surface area (TPSA) is 87.6 Å². The van der Waals surface area contributed by atoms with Gasteiger partial charge < -0.3 is 5.32 Å². The van der Waals surface area contributed by atoms with Gasteiger partial charge in [0.25, 0.3) is 11.8 Å². The van der Waals surface area contributed by atoms with Crippen molar-refractivity contribution >= 4 is 23.3 Å². The van der Waals surface area contributed by atoms with Gasteiger partial charge in [-0.2, -0.15) is 5.10 Å². The fourth-order valence-electron chi connectivity index (χ4n) is 2.75. The van der Waals surface area contributed by atoms with Crippen LogP contribution < -0.4 is 10.7 Å². The maximum atomic E-state index is 12.1. The third-order valence-electron chi connectivity index (χ3n) is 3.86. The second kappa shape index (κ2) is 7.38. The zero-order valence-corrected chi connectivity index (χ0v) is 14.3. The van der Waals surface area contributed by atoms with Crippen LogP contribution in [0.25, 0.3) is 0 Å². The van der Waals surface area contributed by atoms with Crippen LogP contribution in [0.15, 0.2) is 35.4 Å². The van der Waals surface area contributed by atoms with Crippen molar-refractivity contribution in [3.05, 3.63) is 35.9 Å². The molecule has 2 rings (SSSR count). The summed E-state index contributed by atoms with van der Waals surface area (Å²) in [6.07, 6.45) is 1.47. The van der Waals surface area contributed by atoms with Crippen molar-refractivity contribution in [2.24, 2.45) is 10.5 Å². The standard InChI is InChI=1S/C18H23N3O3/c1-12(19-17(24)13-7-5-4-6-8-13)16(23)21-20-14-9-15(22)11-18(2,3)10-14/h4-8,12H,9-11H2,1-3H3,(H,19,24)(H,21,23)/b20-14+/t12-/m1/s1. The van der Waals surface area contributed by atoms with Crippen molar-refractivity contribution < 1.29 is 14.4 Å². The first-order valence-corrected chi connectivity index (χ1v) is 8.00. The molecule has 1 fully saturated rings. The van der Waals surface area contributed by atoms with Gasteiger partial charge in [-0.25, -0.2) is 5.43 Å². The number of hydrogen-bond donors (Lipinski definition) is 2. The molecule has 1 aliphatic carbocycles. The highest BCUT2D eigenvalue weighted by Gasteiger charge is 2.30. The average molecular weight is 329 g/mol. The molecule has 128 valence electrons. The first kappa shape index (κ1) is 17.8. The van der Waals surface area contributed by atoms with E-state index in [9.17, 15) is 14.4 Å². The molecule has 0 unspecified atom stereocenters. The molecule has 1 saturated carbocycles. The number of hydrazone groups is 1. The number of amides is 2. The monoisotopic (exact) mass is 329 g/mol. The van der Waals surface area contributed by atoms with Gasteiger partial charge in [0.15, 0.2) is 0 Å². The Morgan fingerprint density at radius 1 is 1.17 bits per heavy atom. The molecule has 1 aliphatic rings. The van der Waals surface area contributed by atoms with E-state index in [0.717, 1.165) is 0 Å². The molecule has 0 spiro atoms. The molecule has 24 heavy (non-hydrogen) atoms. The largest absolute Gasteiger partial charge is 0.340 e. The van der Waals surface area contributed by atoms with Gasteiger partial charge in [0.2, 0.25) is 0 Å². The van der Waals surface area contributed by atoms with Crippen molar-refractivity contribution in [2.45, 2.75) is 46.1 Å². The molecule has 0 saturated heterocycles. The zero-order valence-electron chi connectivity index (χ0n) is 14.3. The van der Waals surface area contributed by atoms with E-state index >= 15 is 0 Å². The summed E-state index contributed by atoms with van der Waals surface area (Å²) in [6, 6.07) is 7.96. The smallest absolute Gasteiger partial charge is 0.262 e. The predicted molar refractivity (Wildman–Crippen MR) is 91.6 cm³/mol. The fourth-order valence-corrected chi connectivity index (χ4v) is 2.75. The van der Waals surface area contributed by atoms with Crippen molar-refractivity contribution in [1.82, 2.24) is 10.7 Å². The third-order valence-corrected chi connectivity index (χ3v) is 3.86. The van der Waals surface area contributed by atoms with Crippen molar-refractivity contribution in [3.8, 4) is 0 Å². The second-order valence-corrected chi connectivity index (χ2v) is 6.95. The Morgan fingerprint density at radius 3 is 2.46 bits per heavy atom. The molecule has 0 aliphatic heterocycles. The molecular weight excluding hydrogens is 306 g/mol. The number of benzene rings is 1. The van der Waals surface area contributed by atoms with Crippen LogP contribution in [0.2, 0.25) is 0 Å². The Labute approximate surface area is 141 Å². The lowest BCUT2D eigenvalue weighted by molar-refractivity contribution is -0.123.